The van der Waals surface area contributed by atoms with Gasteiger partial charge in [-0.3, -0.25) is 4.98 Å². The van der Waals surface area contributed by atoms with Crippen LogP contribution in [0.15, 0.2) is 29.8 Å². The summed E-state index contributed by atoms with van der Waals surface area (Å²) in [5.41, 5.74) is 1.96. The molecule has 1 fully saturated rings. The molecule has 1 aliphatic heterocycles. The zero-order valence-corrected chi connectivity index (χ0v) is 10.5. The van der Waals surface area contributed by atoms with Crippen LogP contribution in [0.25, 0.3) is 11.4 Å². The Labute approximate surface area is 105 Å². The molecule has 0 bridgehead atoms. The number of rotatable bonds is 2. The summed E-state index contributed by atoms with van der Waals surface area (Å²) in [6.07, 6.45) is 5.75. The lowest BCUT2D eigenvalue weighted by Crippen LogP contribution is -2.29. The zero-order chi connectivity index (χ0) is 11.5. The molecule has 0 N–H and O–H groups in total. The van der Waals surface area contributed by atoms with Gasteiger partial charge in [-0.05, 0) is 31.4 Å². The second-order valence-electron chi connectivity index (χ2n) is 4.28. The van der Waals surface area contributed by atoms with Crippen molar-refractivity contribution in [2.45, 2.75) is 19.3 Å². The first-order valence-corrected chi connectivity index (χ1v) is 6.93. The van der Waals surface area contributed by atoms with E-state index in [-0.39, 0.29) is 0 Å². The lowest BCUT2D eigenvalue weighted by molar-refractivity contribution is 0.577. The normalized spacial score (nSPS) is 16.1. The molecule has 0 saturated carbocycles. The molecular formula is C13H15N3S. The first-order valence-electron chi connectivity index (χ1n) is 6.05. The fourth-order valence-electron chi connectivity index (χ4n) is 2.13. The summed E-state index contributed by atoms with van der Waals surface area (Å²) in [7, 11) is 0. The van der Waals surface area contributed by atoms with Gasteiger partial charge >= 0.3 is 0 Å². The molecule has 17 heavy (non-hydrogen) atoms. The molecule has 0 atom stereocenters. The quantitative estimate of drug-likeness (QED) is 0.813. The van der Waals surface area contributed by atoms with E-state index in [1.807, 2.05) is 24.4 Å². The molecule has 2 aromatic heterocycles. The topological polar surface area (TPSA) is 29.0 Å². The van der Waals surface area contributed by atoms with Gasteiger partial charge in [-0.15, -0.1) is 11.3 Å². The molecule has 0 unspecified atom stereocenters. The van der Waals surface area contributed by atoms with Crippen LogP contribution in [0.2, 0.25) is 0 Å². The van der Waals surface area contributed by atoms with Crippen molar-refractivity contribution in [2.24, 2.45) is 0 Å². The van der Waals surface area contributed by atoms with Gasteiger partial charge in [0, 0.05) is 24.7 Å². The first kappa shape index (κ1) is 10.7. The lowest BCUT2D eigenvalue weighted by Gasteiger charge is -2.25. The van der Waals surface area contributed by atoms with Crippen molar-refractivity contribution in [3.05, 3.63) is 29.8 Å². The Bertz CT molecular complexity index is 474. The second-order valence-corrected chi connectivity index (χ2v) is 5.11. The summed E-state index contributed by atoms with van der Waals surface area (Å²) in [5.74, 6) is 0. The van der Waals surface area contributed by atoms with Gasteiger partial charge in [-0.25, -0.2) is 4.98 Å². The molecule has 88 valence electrons. The number of pyridine rings is 1. The number of hydrogen-bond acceptors (Lipinski definition) is 4. The van der Waals surface area contributed by atoms with Crippen molar-refractivity contribution in [2.75, 3.05) is 18.0 Å². The minimum absolute atomic E-state index is 0.965. The third kappa shape index (κ3) is 2.31. The highest BCUT2D eigenvalue weighted by atomic mass is 32.1. The first-order chi connectivity index (χ1) is 8.43. The van der Waals surface area contributed by atoms with Crippen LogP contribution in [0.3, 0.4) is 0 Å². The summed E-state index contributed by atoms with van der Waals surface area (Å²) in [4.78, 5) is 11.4. The third-order valence-electron chi connectivity index (χ3n) is 3.05. The number of nitrogens with zero attached hydrogens (tertiary/aromatic N) is 3. The van der Waals surface area contributed by atoms with Gasteiger partial charge in [0.05, 0.1) is 5.69 Å². The van der Waals surface area contributed by atoms with E-state index in [9.17, 15) is 0 Å². The highest BCUT2D eigenvalue weighted by Gasteiger charge is 2.14. The van der Waals surface area contributed by atoms with E-state index < -0.39 is 0 Å². The minimum Gasteiger partial charge on any atom is -0.348 e. The van der Waals surface area contributed by atoms with Gasteiger partial charge in [-0.1, -0.05) is 6.07 Å². The fourth-order valence-corrected chi connectivity index (χ4v) is 3.00. The van der Waals surface area contributed by atoms with E-state index in [0.29, 0.717) is 0 Å². The zero-order valence-electron chi connectivity index (χ0n) is 9.67. The van der Waals surface area contributed by atoms with Crippen molar-refractivity contribution in [3.63, 3.8) is 0 Å². The van der Waals surface area contributed by atoms with Crippen LogP contribution in [0, 0.1) is 0 Å². The van der Waals surface area contributed by atoms with Gasteiger partial charge in [0.2, 0.25) is 0 Å². The SMILES string of the molecule is c1ccc(-c2csc(N3CCCCC3)n2)nc1. The van der Waals surface area contributed by atoms with Gasteiger partial charge in [0.25, 0.3) is 0 Å². The summed E-state index contributed by atoms with van der Waals surface area (Å²) in [6.45, 7) is 2.30. The van der Waals surface area contributed by atoms with E-state index in [4.69, 9.17) is 0 Å². The second kappa shape index (κ2) is 4.84. The number of anilines is 1. The summed E-state index contributed by atoms with van der Waals surface area (Å²) < 4.78 is 0. The number of aromatic nitrogens is 2. The van der Waals surface area contributed by atoms with Crippen LogP contribution in [-0.4, -0.2) is 23.1 Å². The Morgan fingerprint density at radius 1 is 1.06 bits per heavy atom. The van der Waals surface area contributed by atoms with E-state index in [0.717, 1.165) is 29.6 Å². The predicted molar refractivity (Wildman–Crippen MR) is 71.4 cm³/mol. The predicted octanol–water partition coefficient (Wildman–Crippen LogP) is 3.20. The van der Waals surface area contributed by atoms with E-state index in [2.05, 4.69) is 20.2 Å². The van der Waals surface area contributed by atoms with Gasteiger partial charge in [-0.2, -0.15) is 0 Å². The maximum absolute atomic E-state index is 4.69. The van der Waals surface area contributed by atoms with Crippen molar-refractivity contribution in [1.82, 2.24) is 9.97 Å². The Morgan fingerprint density at radius 2 is 1.94 bits per heavy atom. The average molecular weight is 245 g/mol. The third-order valence-corrected chi connectivity index (χ3v) is 3.95. The summed E-state index contributed by atoms with van der Waals surface area (Å²) in [5, 5.41) is 3.25. The van der Waals surface area contributed by atoms with E-state index >= 15 is 0 Å². The molecule has 1 saturated heterocycles. The molecule has 0 amide bonds. The van der Waals surface area contributed by atoms with Crippen LogP contribution in [0.1, 0.15) is 19.3 Å². The van der Waals surface area contributed by atoms with E-state index in [1.165, 1.54) is 19.3 Å². The Morgan fingerprint density at radius 3 is 2.71 bits per heavy atom. The molecule has 0 aromatic carbocycles. The highest BCUT2D eigenvalue weighted by Crippen LogP contribution is 2.27. The van der Waals surface area contributed by atoms with Crippen LogP contribution >= 0.6 is 11.3 Å². The van der Waals surface area contributed by atoms with Crippen LogP contribution in [0.4, 0.5) is 5.13 Å². The Hall–Kier alpha value is -1.42. The van der Waals surface area contributed by atoms with Crippen molar-refractivity contribution < 1.29 is 0 Å². The van der Waals surface area contributed by atoms with Gasteiger partial charge in [0.15, 0.2) is 5.13 Å². The highest BCUT2D eigenvalue weighted by molar-refractivity contribution is 7.14. The smallest absolute Gasteiger partial charge is 0.185 e. The van der Waals surface area contributed by atoms with Gasteiger partial charge < -0.3 is 4.90 Å². The fraction of sp³-hybridized carbons (Fsp3) is 0.385. The summed E-state index contributed by atoms with van der Waals surface area (Å²) >= 11 is 1.73. The molecule has 4 heteroatoms. The molecule has 3 nitrogen and oxygen atoms in total. The molecule has 0 spiro atoms. The largest absolute Gasteiger partial charge is 0.348 e. The molecule has 3 rings (SSSR count). The summed E-state index contributed by atoms with van der Waals surface area (Å²) in [6, 6.07) is 5.94. The van der Waals surface area contributed by atoms with Crippen molar-refractivity contribution >= 4 is 16.5 Å². The van der Waals surface area contributed by atoms with Crippen LogP contribution < -0.4 is 4.90 Å². The minimum atomic E-state index is 0.965. The van der Waals surface area contributed by atoms with Crippen LogP contribution in [0.5, 0.6) is 0 Å². The number of piperidine rings is 1. The van der Waals surface area contributed by atoms with Crippen LogP contribution in [-0.2, 0) is 0 Å². The standard InChI is InChI=1S/C13H15N3S/c1-4-8-16(9-5-1)13-15-12(10-17-13)11-6-2-3-7-14-11/h2-3,6-7,10H,1,4-5,8-9H2. The van der Waals surface area contributed by atoms with Crippen molar-refractivity contribution in [1.29, 1.82) is 0 Å². The maximum Gasteiger partial charge on any atom is 0.185 e. The van der Waals surface area contributed by atoms with Gasteiger partial charge in [0.1, 0.15) is 5.69 Å². The Balaban J connectivity index is 1.83. The molecule has 0 aliphatic carbocycles. The monoisotopic (exact) mass is 245 g/mol. The van der Waals surface area contributed by atoms with E-state index in [1.54, 1.807) is 11.3 Å². The maximum atomic E-state index is 4.69. The number of thiazole rings is 1. The Kier molecular flexibility index (Phi) is 3.05. The number of hydrogen-bond donors (Lipinski definition) is 0. The molecule has 1 aliphatic rings. The lowest BCUT2D eigenvalue weighted by atomic mass is 10.1. The molecule has 0 radical (unpaired) electrons. The molecule has 2 aromatic rings. The average Bonchev–Trinajstić information content (AvgIpc) is 2.90. The van der Waals surface area contributed by atoms with Crippen molar-refractivity contribution in [3.8, 4) is 11.4 Å². The molecule has 3 heterocycles. The molecular weight excluding hydrogens is 230 g/mol.